The van der Waals surface area contributed by atoms with Gasteiger partial charge in [-0.25, -0.2) is 4.79 Å². The molecule has 0 spiro atoms. The summed E-state index contributed by atoms with van der Waals surface area (Å²) in [6.07, 6.45) is 1.29. The van der Waals surface area contributed by atoms with Crippen LogP contribution in [-0.4, -0.2) is 34.5 Å². The van der Waals surface area contributed by atoms with Crippen LogP contribution in [0.15, 0.2) is 12.1 Å². The summed E-state index contributed by atoms with van der Waals surface area (Å²) in [5, 5.41) is 9.08. The summed E-state index contributed by atoms with van der Waals surface area (Å²) in [5.41, 5.74) is 0. The molecular weight excluding hydrogens is 274 g/mol. The van der Waals surface area contributed by atoms with E-state index in [4.69, 9.17) is 16.7 Å². The zero-order valence-corrected chi connectivity index (χ0v) is 11.5. The average molecular weight is 288 g/mol. The number of halogens is 1. The predicted molar refractivity (Wildman–Crippen MR) is 70.1 cm³/mol. The van der Waals surface area contributed by atoms with E-state index in [9.17, 15) is 9.59 Å². The molecule has 1 aromatic heterocycles. The van der Waals surface area contributed by atoms with Gasteiger partial charge in [-0.15, -0.1) is 11.3 Å². The minimum atomic E-state index is -0.919. The zero-order chi connectivity index (χ0) is 13.3. The third-order valence-corrected chi connectivity index (χ3v) is 4.63. The highest BCUT2D eigenvalue weighted by atomic mass is 35.5. The van der Waals surface area contributed by atoms with Crippen LogP contribution in [0.1, 0.15) is 30.6 Å². The largest absolute Gasteiger partial charge is 0.480 e. The van der Waals surface area contributed by atoms with E-state index in [1.807, 2.05) is 6.07 Å². The number of carbonyl (C=O) groups is 2. The van der Waals surface area contributed by atoms with E-state index in [1.165, 1.54) is 16.2 Å². The van der Waals surface area contributed by atoms with Crippen molar-refractivity contribution in [3.05, 3.63) is 21.3 Å². The lowest BCUT2D eigenvalue weighted by Gasteiger charge is -2.24. The minimum Gasteiger partial charge on any atom is -0.480 e. The lowest BCUT2D eigenvalue weighted by Crippen LogP contribution is -2.42. The number of hydrogen-bond donors (Lipinski definition) is 1. The Morgan fingerprint density at radius 3 is 2.83 bits per heavy atom. The molecule has 1 aromatic rings. The summed E-state index contributed by atoms with van der Waals surface area (Å²) in [4.78, 5) is 25.7. The molecule has 0 saturated carbocycles. The number of thiophene rings is 1. The molecule has 1 aliphatic heterocycles. The zero-order valence-electron chi connectivity index (χ0n) is 9.93. The van der Waals surface area contributed by atoms with Crippen LogP contribution >= 0.6 is 22.9 Å². The van der Waals surface area contributed by atoms with E-state index in [0.29, 0.717) is 17.3 Å². The molecule has 0 unspecified atom stereocenters. The summed E-state index contributed by atoms with van der Waals surface area (Å²) >= 11 is 7.21. The van der Waals surface area contributed by atoms with Crippen molar-refractivity contribution in [3.8, 4) is 0 Å². The van der Waals surface area contributed by atoms with Crippen LogP contribution < -0.4 is 0 Å². The van der Waals surface area contributed by atoms with Crippen LogP contribution in [0.5, 0.6) is 0 Å². The number of amides is 1. The lowest BCUT2D eigenvalue weighted by molar-refractivity contribution is -0.148. The van der Waals surface area contributed by atoms with E-state index in [-0.39, 0.29) is 11.8 Å². The third-order valence-electron chi connectivity index (χ3n) is 3.21. The molecule has 18 heavy (non-hydrogen) atoms. The van der Waals surface area contributed by atoms with Gasteiger partial charge < -0.3 is 10.0 Å². The van der Waals surface area contributed by atoms with Crippen LogP contribution in [-0.2, 0) is 9.59 Å². The Morgan fingerprint density at radius 1 is 1.56 bits per heavy atom. The first kappa shape index (κ1) is 13.4. The highest BCUT2D eigenvalue weighted by molar-refractivity contribution is 7.16. The van der Waals surface area contributed by atoms with Gasteiger partial charge in [-0.05, 0) is 31.9 Å². The summed E-state index contributed by atoms with van der Waals surface area (Å²) in [6.45, 7) is 2.32. The van der Waals surface area contributed by atoms with Gasteiger partial charge in [0.1, 0.15) is 6.04 Å². The Bertz CT molecular complexity index is 474. The number of carbonyl (C=O) groups excluding carboxylic acids is 1. The first-order chi connectivity index (χ1) is 8.50. The molecule has 1 saturated heterocycles. The normalized spacial score (nSPS) is 21.0. The lowest BCUT2D eigenvalue weighted by atomic mass is 10.1. The second-order valence-electron chi connectivity index (χ2n) is 4.39. The Balaban J connectivity index is 2.13. The van der Waals surface area contributed by atoms with Crippen molar-refractivity contribution in [1.29, 1.82) is 0 Å². The van der Waals surface area contributed by atoms with Crippen molar-refractivity contribution >= 4 is 34.8 Å². The molecular formula is C12H14ClNO3S. The molecule has 98 valence electrons. The van der Waals surface area contributed by atoms with Gasteiger partial charge in [0.25, 0.3) is 0 Å². The van der Waals surface area contributed by atoms with Gasteiger partial charge >= 0.3 is 5.97 Å². The Morgan fingerprint density at radius 2 is 2.28 bits per heavy atom. The van der Waals surface area contributed by atoms with Gasteiger partial charge in [0.15, 0.2) is 0 Å². The van der Waals surface area contributed by atoms with Crippen LogP contribution in [0.3, 0.4) is 0 Å². The highest BCUT2D eigenvalue weighted by Gasteiger charge is 2.36. The molecule has 0 aromatic carbocycles. The highest BCUT2D eigenvalue weighted by Crippen LogP contribution is 2.31. The molecule has 2 atom stereocenters. The number of carboxylic acid groups (broad SMARTS) is 1. The number of aliphatic carboxylic acids is 1. The topological polar surface area (TPSA) is 57.6 Å². The fraction of sp³-hybridized carbons (Fsp3) is 0.500. The maximum absolute atomic E-state index is 12.3. The van der Waals surface area contributed by atoms with Crippen molar-refractivity contribution in [1.82, 2.24) is 4.90 Å². The maximum atomic E-state index is 12.3. The molecule has 1 amide bonds. The molecule has 4 nitrogen and oxygen atoms in total. The predicted octanol–water partition coefficient (Wildman–Crippen LogP) is 2.58. The summed E-state index contributed by atoms with van der Waals surface area (Å²) in [5.74, 6) is -1.38. The van der Waals surface area contributed by atoms with Crippen molar-refractivity contribution < 1.29 is 14.7 Å². The molecule has 0 aliphatic carbocycles. The maximum Gasteiger partial charge on any atom is 0.326 e. The fourth-order valence-corrected chi connectivity index (χ4v) is 3.32. The van der Waals surface area contributed by atoms with Gasteiger partial charge in [0, 0.05) is 11.4 Å². The van der Waals surface area contributed by atoms with Gasteiger partial charge in [0.2, 0.25) is 5.91 Å². The first-order valence-electron chi connectivity index (χ1n) is 5.79. The number of likely N-dealkylation sites (tertiary alicyclic amines) is 1. The number of carboxylic acids is 1. The number of nitrogens with zero attached hydrogens (tertiary/aromatic N) is 1. The third kappa shape index (κ3) is 2.52. The summed E-state index contributed by atoms with van der Waals surface area (Å²) < 4.78 is 0.640. The van der Waals surface area contributed by atoms with Crippen LogP contribution in [0.25, 0.3) is 0 Å². The van der Waals surface area contributed by atoms with Gasteiger partial charge in [-0.2, -0.15) is 0 Å². The molecule has 1 N–H and O–H groups in total. The van der Waals surface area contributed by atoms with Crippen molar-refractivity contribution in [3.63, 3.8) is 0 Å². The Kier molecular flexibility index (Phi) is 3.92. The van der Waals surface area contributed by atoms with E-state index < -0.39 is 12.0 Å². The van der Waals surface area contributed by atoms with Crippen LogP contribution in [0, 0.1) is 0 Å². The Labute approximate surface area is 114 Å². The molecule has 0 bridgehead atoms. The van der Waals surface area contributed by atoms with Crippen LogP contribution in [0.2, 0.25) is 4.34 Å². The monoisotopic (exact) mass is 287 g/mol. The van der Waals surface area contributed by atoms with Gasteiger partial charge in [-0.1, -0.05) is 11.6 Å². The average Bonchev–Trinajstić information content (AvgIpc) is 2.95. The molecule has 1 aliphatic rings. The molecule has 6 heteroatoms. The quantitative estimate of drug-likeness (QED) is 0.929. The van der Waals surface area contributed by atoms with Crippen LogP contribution in [0.4, 0.5) is 0 Å². The molecule has 0 radical (unpaired) electrons. The number of rotatable bonds is 3. The first-order valence-corrected chi connectivity index (χ1v) is 6.98. The smallest absolute Gasteiger partial charge is 0.326 e. The van der Waals surface area contributed by atoms with Crippen molar-refractivity contribution in [2.24, 2.45) is 0 Å². The second-order valence-corrected chi connectivity index (χ2v) is 6.14. The minimum absolute atomic E-state index is 0.126. The van der Waals surface area contributed by atoms with Crippen molar-refractivity contribution in [2.45, 2.75) is 31.7 Å². The van der Waals surface area contributed by atoms with E-state index in [1.54, 1.807) is 13.0 Å². The molecule has 2 heterocycles. The van der Waals surface area contributed by atoms with E-state index >= 15 is 0 Å². The summed E-state index contributed by atoms with van der Waals surface area (Å²) in [6, 6.07) is 2.90. The molecule has 2 rings (SSSR count). The number of hydrogen-bond acceptors (Lipinski definition) is 3. The van der Waals surface area contributed by atoms with Gasteiger partial charge in [0.05, 0.1) is 10.3 Å². The van der Waals surface area contributed by atoms with E-state index in [2.05, 4.69) is 0 Å². The van der Waals surface area contributed by atoms with E-state index in [0.717, 1.165) is 11.3 Å². The summed E-state index contributed by atoms with van der Waals surface area (Å²) in [7, 11) is 0. The molecule has 1 fully saturated rings. The Hall–Kier alpha value is -1.07. The second kappa shape index (κ2) is 5.28. The SMILES string of the molecule is C[C@@H](C(=O)N1CCC[C@H]1C(=O)O)c1ccc(Cl)s1. The van der Waals surface area contributed by atoms with Crippen molar-refractivity contribution in [2.75, 3.05) is 6.54 Å². The fourth-order valence-electron chi connectivity index (χ4n) is 2.22. The van der Waals surface area contributed by atoms with Gasteiger partial charge in [-0.3, -0.25) is 4.79 Å². The standard InChI is InChI=1S/C12H14ClNO3S/c1-7(9-4-5-10(13)18-9)11(15)14-6-2-3-8(14)12(16)17/h4-5,7-8H,2-3,6H2,1H3,(H,16,17)/t7-,8+/m1/s1.